The number of Topliss-reactive ketones (excluding diaryl/α,β-unsaturated/α-hetero) is 1. The zero-order valence-corrected chi connectivity index (χ0v) is 10.5. The summed E-state index contributed by atoms with van der Waals surface area (Å²) in [6.45, 7) is 3.83. The van der Waals surface area contributed by atoms with Gasteiger partial charge in [0.25, 0.3) is 0 Å². The van der Waals surface area contributed by atoms with E-state index in [1.54, 1.807) is 19.9 Å². The lowest BCUT2D eigenvalue weighted by atomic mass is 10.1. The fourth-order valence-electron chi connectivity index (χ4n) is 1.27. The smallest absolute Gasteiger partial charge is 0.183 e. The molecule has 0 aliphatic heterocycles. The van der Waals surface area contributed by atoms with Crippen molar-refractivity contribution in [3.63, 3.8) is 0 Å². The maximum Gasteiger partial charge on any atom is 0.183 e. The maximum absolute atomic E-state index is 11.7. The van der Waals surface area contributed by atoms with E-state index < -0.39 is 9.84 Å². The Hall–Kier alpha value is -1.17. The Labute approximate surface area is 95.4 Å². The lowest BCUT2D eigenvalue weighted by Crippen LogP contribution is -2.19. The molecule has 6 heteroatoms. The van der Waals surface area contributed by atoms with E-state index >= 15 is 0 Å². The van der Waals surface area contributed by atoms with Gasteiger partial charge in [0.05, 0.1) is 12.3 Å². The van der Waals surface area contributed by atoms with Crippen LogP contribution in [0.15, 0.2) is 12.3 Å². The Morgan fingerprint density at radius 2 is 2.12 bits per heavy atom. The Morgan fingerprint density at radius 1 is 1.50 bits per heavy atom. The van der Waals surface area contributed by atoms with Crippen molar-refractivity contribution < 1.29 is 13.2 Å². The minimum atomic E-state index is -3.04. The lowest BCUT2D eigenvalue weighted by Gasteiger charge is -2.07. The van der Waals surface area contributed by atoms with E-state index in [1.165, 1.54) is 17.1 Å². The Bertz CT molecular complexity index is 474. The monoisotopic (exact) mass is 244 g/mol. The average Bonchev–Trinajstić information content (AvgIpc) is 2.59. The zero-order valence-electron chi connectivity index (χ0n) is 9.67. The molecule has 1 aromatic rings. The normalized spacial score (nSPS) is 12.0. The van der Waals surface area contributed by atoms with Crippen molar-refractivity contribution in [2.45, 2.75) is 20.4 Å². The molecule has 0 spiro atoms. The van der Waals surface area contributed by atoms with Crippen LogP contribution in [-0.4, -0.2) is 36.0 Å². The van der Waals surface area contributed by atoms with Gasteiger partial charge < -0.3 is 0 Å². The number of hydrogen-bond acceptors (Lipinski definition) is 4. The van der Waals surface area contributed by atoms with Crippen LogP contribution in [0.4, 0.5) is 0 Å². The predicted molar refractivity (Wildman–Crippen MR) is 61.1 cm³/mol. The van der Waals surface area contributed by atoms with E-state index in [4.69, 9.17) is 0 Å². The molecule has 16 heavy (non-hydrogen) atoms. The van der Waals surface area contributed by atoms with E-state index in [1.807, 2.05) is 0 Å². The molecule has 1 heterocycles. The molecule has 5 nitrogen and oxygen atoms in total. The summed E-state index contributed by atoms with van der Waals surface area (Å²) in [4.78, 5) is 11.7. The van der Waals surface area contributed by atoms with Crippen molar-refractivity contribution in [1.29, 1.82) is 0 Å². The third-order valence-corrected chi connectivity index (χ3v) is 3.09. The molecule has 0 atom stereocenters. The summed E-state index contributed by atoms with van der Waals surface area (Å²) >= 11 is 0. The van der Waals surface area contributed by atoms with Gasteiger partial charge >= 0.3 is 0 Å². The standard InChI is InChI=1S/C10H16N2O3S/c1-8(2)10(13)9-4-5-11-12(9)6-7-16(3,14)15/h4-5,8H,6-7H2,1-3H3. The number of carbonyl (C=O) groups is 1. The van der Waals surface area contributed by atoms with E-state index in [0.717, 1.165) is 0 Å². The van der Waals surface area contributed by atoms with Crippen LogP contribution >= 0.6 is 0 Å². The second-order valence-corrected chi connectivity index (χ2v) is 6.35. The van der Waals surface area contributed by atoms with Crippen LogP contribution in [-0.2, 0) is 16.4 Å². The van der Waals surface area contributed by atoms with Crippen LogP contribution < -0.4 is 0 Å². The van der Waals surface area contributed by atoms with E-state index in [2.05, 4.69) is 5.10 Å². The van der Waals surface area contributed by atoms with Gasteiger partial charge in [-0.3, -0.25) is 9.48 Å². The molecule has 0 unspecified atom stereocenters. The first-order valence-electron chi connectivity index (χ1n) is 5.05. The summed E-state index contributed by atoms with van der Waals surface area (Å²) in [6, 6.07) is 1.62. The molecule has 1 aromatic heterocycles. The Balaban J connectivity index is 2.83. The van der Waals surface area contributed by atoms with Crippen molar-refractivity contribution in [1.82, 2.24) is 9.78 Å². The first kappa shape index (κ1) is 12.9. The molecule has 0 aliphatic carbocycles. The molecule has 1 rings (SSSR count). The zero-order chi connectivity index (χ0) is 12.3. The third kappa shape index (κ3) is 3.44. The summed E-state index contributed by atoms with van der Waals surface area (Å²) in [5, 5.41) is 3.95. The highest BCUT2D eigenvalue weighted by Gasteiger charge is 2.16. The fourth-order valence-corrected chi connectivity index (χ4v) is 1.77. The number of hydrogen-bond donors (Lipinski definition) is 0. The second-order valence-electron chi connectivity index (χ2n) is 4.09. The molecule has 90 valence electrons. The van der Waals surface area contributed by atoms with E-state index in [0.29, 0.717) is 5.69 Å². The van der Waals surface area contributed by atoms with Gasteiger partial charge in [-0.2, -0.15) is 5.10 Å². The highest BCUT2D eigenvalue weighted by molar-refractivity contribution is 7.90. The summed E-state index contributed by atoms with van der Waals surface area (Å²) in [5.41, 5.74) is 0.471. The molecule has 0 radical (unpaired) electrons. The quantitative estimate of drug-likeness (QED) is 0.717. The highest BCUT2D eigenvalue weighted by Crippen LogP contribution is 2.08. The van der Waals surface area contributed by atoms with Crippen molar-refractivity contribution in [3.8, 4) is 0 Å². The van der Waals surface area contributed by atoms with E-state index in [9.17, 15) is 13.2 Å². The van der Waals surface area contributed by atoms with Crippen LogP contribution in [0.5, 0.6) is 0 Å². The number of rotatable bonds is 5. The van der Waals surface area contributed by atoms with Gasteiger partial charge in [0.15, 0.2) is 5.78 Å². The van der Waals surface area contributed by atoms with Crippen LogP contribution in [0.25, 0.3) is 0 Å². The molecular weight excluding hydrogens is 228 g/mol. The first-order chi connectivity index (χ1) is 7.31. The van der Waals surface area contributed by atoms with Gasteiger partial charge in [-0.25, -0.2) is 8.42 Å². The minimum absolute atomic E-state index is 0.00689. The number of ketones is 1. The topological polar surface area (TPSA) is 69.0 Å². The Morgan fingerprint density at radius 3 is 2.62 bits per heavy atom. The van der Waals surface area contributed by atoms with Gasteiger partial charge in [-0.05, 0) is 6.07 Å². The molecule has 0 fully saturated rings. The number of sulfone groups is 1. The number of nitrogens with zero attached hydrogens (tertiary/aromatic N) is 2. The lowest BCUT2D eigenvalue weighted by molar-refractivity contribution is 0.0928. The fraction of sp³-hybridized carbons (Fsp3) is 0.600. The minimum Gasteiger partial charge on any atom is -0.292 e. The molecule has 0 N–H and O–H groups in total. The summed E-state index contributed by atoms with van der Waals surface area (Å²) in [5.74, 6) is -0.146. The van der Waals surface area contributed by atoms with Crippen LogP contribution in [0, 0.1) is 5.92 Å². The number of aromatic nitrogens is 2. The van der Waals surface area contributed by atoms with E-state index in [-0.39, 0.29) is 24.0 Å². The average molecular weight is 244 g/mol. The molecule has 0 bridgehead atoms. The SMILES string of the molecule is CC(C)C(=O)c1ccnn1CCS(C)(=O)=O. The summed E-state index contributed by atoms with van der Waals surface area (Å²) in [7, 11) is -3.04. The van der Waals surface area contributed by atoms with Crippen molar-refractivity contribution in [2.24, 2.45) is 5.92 Å². The molecule has 0 aliphatic rings. The molecular formula is C10H16N2O3S. The maximum atomic E-state index is 11.7. The van der Waals surface area contributed by atoms with Crippen molar-refractivity contribution >= 4 is 15.6 Å². The first-order valence-corrected chi connectivity index (χ1v) is 7.11. The number of carbonyl (C=O) groups excluding carboxylic acids is 1. The molecule has 0 saturated carbocycles. The predicted octanol–water partition coefficient (Wildman–Crippen LogP) is 0.766. The van der Waals surface area contributed by atoms with Crippen LogP contribution in [0.2, 0.25) is 0 Å². The second kappa shape index (κ2) is 4.78. The largest absolute Gasteiger partial charge is 0.292 e. The third-order valence-electron chi connectivity index (χ3n) is 2.17. The van der Waals surface area contributed by atoms with Crippen molar-refractivity contribution in [2.75, 3.05) is 12.0 Å². The van der Waals surface area contributed by atoms with Gasteiger partial charge in [-0.1, -0.05) is 13.8 Å². The number of aryl methyl sites for hydroxylation is 1. The summed E-state index contributed by atoms with van der Waals surface area (Å²) < 4.78 is 23.5. The van der Waals surface area contributed by atoms with Gasteiger partial charge in [-0.15, -0.1) is 0 Å². The highest BCUT2D eigenvalue weighted by atomic mass is 32.2. The summed E-state index contributed by atoms with van der Waals surface area (Å²) in [6.07, 6.45) is 2.68. The van der Waals surface area contributed by atoms with Gasteiger partial charge in [0.1, 0.15) is 15.5 Å². The van der Waals surface area contributed by atoms with Gasteiger partial charge in [0.2, 0.25) is 0 Å². The van der Waals surface area contributed by atoms with Crippen molar-refractivity contribution in [3.05, 3.63) is 18.0 Å². The molecule has 0 aromatic carbocycles. The van der Waals surface area contributed by atoms with Crippen LogP contribution in [0.3, 0.4) is 0 Å². The molecule has 0 amide bonds. The molecule has 0 saturated heterocycles. The van der Waals surface area contributed by atoms with Crippen LogP contribution in [0.1, 0.15) is 24.3 Å². The van der Waals surface area contributed by atoms with Gasteiger partial charge in [0, 0.05) is 18.4 Å². The Kier molecular flexibility index (Phi) is 3.85.